The fourth-order valence-corrected chi connectivity index (χ4v) is 3.61. The topological polar surface area (TPSA) is 208 Å². The van der Waals surface area contributed by atoms with E-state index in [0.717, 1.165) is 18.2 Å². The van der Waals surface area contributed by atoms with Gasteiger partial charge in [-0.15, -0.1) is 0 Å². The number of benzene rings is 2. The van der Waals surface area contributed by atoms with E-state index >= 15 is 0 Å². The number of rotatable bonds is 6. The van der Waals surface area contributed by atoms with Gasteiger partial charge in [0.2, 0.25) is 0 Å². The molecule has 1 aliphatic heterocycles. The first kappa shape index (κ1) is 23.7. The first-order valence-corrected chi connectivity index (χ1v) is 9.65. The van der Waals surface area contributed by atoms with Crippen LogP contribution in [0.25, 0.3) is 0 Å². The molecule has 1 aliphatic rings. The van der Waals surface area contributed by atoms with E-state index in [1.54, 1.807) is 0 Å². The summed E-state index contributed by atoms with van der Waals surface area (Å²) in [5.74, 6) is -3.20. The van der Waals surface area contributed by atoms with Gasteiger partial charge in [-0.25, -0.2) is 0 Å². The number of aromatic hydroxyl groups is 4. The monoisotopic (exact) mass is 452 g/mol. The highest BCUT2D eigenvalue weighted by atomic mass is 16.5. The zero-order valence-electron chi connectivity index (χ0n) is 16.6. The third-order valence-electron chi connectivity index (χ3n) is 5.41. The average molecular weight is 452 g/mol. The lowest BCUT2D eigenvalue weighted by Gasteiger charge is -2.40. The molecule has 0 aliphatic carbocycles. The molecule has 6 atom stereocenters. The van der Waals surface area contributed by atoms with Gasteiger partial charge in [-0.1, -0.05) is 6.07 Å². The van der Waals surface area contributed by atoms with Gasteiger partial charge in [0.05, 0.1) is 17.7 Å². The van der Waals surface area contributed by atoms with Crippen molar-refractivity contribution in [3.8, 4) is 23.0 Å². The highest BCUT2D eigenvalue weighted by Gasteiger charge is 2.46. The van der Waals surface area contributed by atoms with Gasteiger partial charge in [0.15, 0.2) is 17.3 Å². The van der Waals surface area contributed by atoms with Crippen LogP contribution in [0.4, 0.5) is 0 Å². The fourth-order valence-electron chi connectivity index (χ4n) is 3.61. The van der Waals surface area contributed by atoms with Crippen LogP contribution in [0.2, 0.25) is 0 Å². The summed E-state index contributed by atoms with van der Waals surface area (Å²) in [5, 5.41) is 89.6. The molecule has 0 saturated carbocycles. The SMILES string of the molecule is O=C(c1ccc(O)c([C@@H]2O[C@H](CO)[C@@H](O)[C@H](O)[C@H]2O)c1O)[C@H](O)Cc1ccc(O)c(O)c1. The van der Waals surface area contributed by atoms with Crippen LogP contribution in [0, 0.1) is 0 Å². The molecular weight excluding hydrogens is 428 g/mol. The van der Waals surface area contributed by atoms with Crippen LogP contribution in [-0.2, 0) is 11.2 Å². The van der Waals surface area contributed by atoms with Gasteiger partial charge in [0, 0.05) is 6.42 Å². The standard InChI is InChI=1S/C21H24O11/c22-7-14-18(29)19(30)20(31)21(32-14)15-11(24)4-2-9(17(15)28)16(27)13(26)6-8-1-3-10(23)12(25)5-8/h1-5,13-14,18-26,28-31H,6-7H2/t13-,14-,18-,19+,20-,21+/m1/s1. The maximum atomic E-state index is 12.8. The summed E-state index contributed by atoms with van der Waals surface area (Å²) < 4.78 is 5.34. The predicted octanol–water partition coefficient (Wildman–Crippen LogP) is -1.19. The maximum Gasteiger partial charge on any atom is 0.195 e. The summed E-state index contributed by atoms with van der Waals surface area (Å²) >= 11 is 0. The number of Topliss-reactive ketones (excluding diaryl/α,β-unsaturated/α-hetero) is 1. The Bertz CT molecular complexity index is 990. The number of phenols is 4. The van der Waals surface area contributed by atoms with Crippen LogP contribution in [0.1, 0.15) is 27.6 Å². The number of aliphatic hydroxyl groups excluding tert-OH is 5. The zero-order chi connectivity index (χ0) is 23.7. The number of carbonyl (C=O) groups is 1. The number of aliphatic hydroxyl groups is 5. The van der Waals surface area contributed by atoms with Gasteiger partial charge in [0.1, 0.15) is 48.1 Å². The van der Waals surface area contributed by atoms with Crippen molar-refractivity contribution >= 4 is 5.78 Å². The number of ether oxygens (including phenoxy) is 1. The van der Waals surface area contributed by atoms with Crippen LogP contribution in [0.15, 0.2) is 30.3 Å². The second-order valence-corrected chi connectivity index (χ2v) is 7.55. The van der Waals surface area contributed by atoms with Crippen LogP contribution in [0.5, 0.6) is 23.0 Å². The Kier molecular flexibility index (Phi) is 6.88. The minimum Gasteiger partial charge on any atom is -0.507 e. The van der Waals surface area contributed by atoms with Crippen molar-refractivity contribution < 1.29 is 55.5 Å². The molecule has 9 N–H and O–H groups in total. The second kappa shape index (κ2) is 9.28. The van der Waals surface area contributed by atoms with Crippen molar-refractivity contribution in [1.29, 1.82) is 0 Å². The summed E-state index contributed by atoms with van der Waals surface area (Å²) in [4.78, 5) is 12.8. The van der Waals surface area contributed by atoms with Gasteiger partial charge in [-0.3, -0.25) is 4.79 Å². The first-order chi connectivity index (χ1) is 15.1. The quantitative estimate of drug-likeness (QED) is 0.188. The predicted molar refractivity (Wildman–Crippen MR) is 106 cm³/mol. The van der Waals surface area contributed by atoms with Gasteiger partial charge in [-0.2, -0.15) is 0 Å². The average Bonchev–Trinajstić information content (AvgIpc) is 2.75. The molecule has 32 heavy (non-hydrogen) atoms. The van der Waals surface area contributed by atoms with Crippen molar-refractivity contribution in [2.24, 2.45) is 0 Å². The summed E-state index contributed by atoms with van der Waals surface area (Å²) in [5.41, 5.74) is -0.582. The third kappa shape index (κ3) is 4.35. The summed E-state index contributed by atoms with van der Waals surface area (Å²) in [6, 6.07) is 5.77. The number of hydrogen-bond donors (Lipinski definition) is 9. The molecule has 1 saturated heterocycles. The molecule has 0 bridgehead atoms. The highest BCUT2D eigenvalue weighted by Crippen LogP contribution is 2.43. The second-order valence-electron chi connectivity index (χ2n) is 7.55. The molecular formula is C21H24O11. The molecule has 0 aromatic heterocycles. The normalized spacial score (nSPS) is 26.6. The van der Waals surface area contributed by atoms with Crippen molar-refractivity contribution in [2.75, 3.05) is 6.61 Å². The van der Waals surface area contributed by atoms with Gasteiger partial charge >= 0.3 is 0 Å². The van der Waals surface area contributed by atoms with Crippen molar-refractivity contribution in [3.63, 3.8) is 0 Å². The number of phenolic OH excluding ortho intramolecular Hbond substituents is 4. The van der Waals surface area contributed by atoms with Crippen LogP contribution >= 0.6 is 0 Å². The molecule has 0 radical (unpaired) electrons. The third-order valence-corrected chi connectivity index (χ3v) is 5.41. The largest absolute Gasteiger partial charge is 0.507 e. The lowest BCUT2D eigenvalue weighted by atomic mass is 9.88. The molecule has 1 heterocycles. The lowest BCUT2D eigenvalue weighted by molar-refractivity contribution is -0.232. The number of carbonyl (C=O) groups excluding carboxylic acids is 1. The molecule has 11 nitrogen and oxygen atoms in total. The van der Waals surface area contributed by atoms with E-state index in [-0.39, 0.29) is 12.2 Å². The lowest BCUT2D eigenvalue weighted by Crippen LogP contribution is -2.55. The Labute approximate surface area is 181 Å². The molecule has 2 aromatic carbocycles. The van der Waals surface area contributed by atoms with Crippen molar-refractivity contribution in [2.45, 2.75) is 43.0 Å². The Morgan fingerprint density at radius 1 is 0.906 bits per heavy atom. The van der Waals surface area contributed by atoms with Crippen molar-refractivity contribution in [1.82, 2.24) is 0 Å². The Morgan fingerprint density at radius 2 is 1.56 bits per heavy atom. The highest BCUT2D eigenvalue weighted by molar-refractivity contribution is 6.02. The molecule has 0 unspecified atom stereocenters. The molecule has 2 aromatic rings. The Balaban J connectivity index is 1.91. The number of ketones is 1. The fraction of sp³-hybridized carbons (Fsp3) is 0.381. The van der Waals surface area contributed by atoms with Crippen LogP contribution in [0.3, 0.4) is 0 Å². The maximum absolute atomic E-state index is 12.8. The Hall–Kier alpha value is -2.93. The van der Waals surface area contributed by atoms with Crippen LogP contribution < -0.4 is 0 Å². The first-order valence-electron chi connectivity index (χ1n) is 9.65. The molecule has 3 rings (SSSR count). The van der Waals surface area contributed by atoms with Gasteiger partial charge < -0.3 is 50.7 Å². The smallest absolute Gasteiger partial charge is 0.195 e. The summed E-state index contributed by atoms with van der Waals surface area (Å²) in [7, 11) is 0. The molecule has 0 amide bonds. The van der Waals surface area contributed by atoms with Crippen LogP contribution in [-0.4, -0.2) is 88.9 Å². The van der Waals surface area contributed by atoms with E-state index in [2.05, 4.69) is 0 Å². The molecule has 11 heteroatoms. The van der Waals surface area contributed by atoms with E-state index in [4.69, 9.17) is 4.74 Å². The summed E-state index contributed by atoms with van der Waals surface area (Å²) in [6.07, 6.45) is -10.1. The van der Waals surface area contributed by atoms with E-state index < -0.39 is 77.4 Å². The van der Waals surface area contributed by atoms with E-state index in [1.807, 2.05) is 0 Å². The number of hydrogen-bond acceptors (Lipinski definition) is 11. The molecule has 174 valence electrons. The molecule has 1 fully saturated rings. The minimum atomic E-state index is -1.82. The van der Waals surface area contributed by atoms with E-state index in [1.165, 1.54) is 12.1 Å². The van der Waals surface area contributed by atoms with Gasteiger partial charge in [0.25, 0.3) is 0 Å². The van der Waals surface area contributed by atoms with Crippen molar-refractivity contribution in [3.05, 3.63) is 47.0 Å². The van der Waals surface area contributed by atoms with E-state index in [9.17, 15) is 50.8 Å². The van der Waals surface area contributed by atoms with E-state index in [0.29, 0.717) is 5.56 Å². The minimum absolute atomic E-state index is 0.275. The zero-order valence-corrected chi connectivity index (χ0v) is 16.6. The summed E-state index contributed by atoms with van der Waals surface area (Å²) in [6.45, 7) is -0.736. The molecule has 0 spiro atoms. The van der Waals surface area contributed by atoms with Gasteiger partial charge in [-0.05, 0) is 29.8 Å². The Morgan fingerprint density at radius 3 is 2.19 bits per heavy atom.